The van der Waals surface area contributed by atoms with Crippen LogP contribution in [0.5, 0.6) is 0 Å². The lowest BCUT2D eigenvalue weighted by Gasteiger charge is -2.15. The molecule has 1 aromatic heterocycles. The highest BCUT2D eigenvalue weighted by molar-refractivity contribution is 6.76. The maximum absolute atomic E-state index is 10.8. The van der Waals surface area contributed by atoms with E-state index in [1.54, 1.807) is 10.9 Å². The Morgan fingerprint density at radius 2 is 2.21 bits per heavy atom. The van der Waals surface area contributed by atoms with Crippen LogP contribution >= 0.6 is 0 Å². The summed E-state index contributed by atoms with van der Waals surface area (Å²) in [7, 11) is -0.996. The van der Waals surface area contributed by atoms with Crippen LogP contribution in [0, 0.1) is 0 Å². The summed E-state index contributed by atoms with van der Waals surface area (Å²) in [6.45, 7) is 8.15. The van der Waals surface area contributed by atoms with Crippen LogP contribution in [-0.2, 0) is 11.5 Å². The fourth-order valence-corrected chi connectivity index (χ4v) is 1.75. The van der Waals surface area contributed by atoms with E-state index >= 15 is 0 Å². The number of aromatic nitrogens is 2. The molecule has 14 heavy (non-hydrogen) atoms. The van der Waals surface area contributed by atoms with Crippen molar-refractivity contribution >= 4 is 8.07 Å². The zero-order chi connectivity index (χ0) is 10.6. The van der Waals surface area contributed by atoms with Crippen LogP contribution in [0.2, 0.25) is 25.7 Å². The first-order valence-electron chi connectivity index (χ1n) is 4.81. The third-order valence-corrected chi connectivity index (χ3v) is 3.59. The van der Waals surface area contributed by atoms with Crippen LogP contribution in [0.3, 0.4) is 0 Å². The summed E-state index contributed by atoms with van der Waals surface area (Å²) < 4.78 is 7.08. The topological polar surface area (TPSA) is 47.0 Å². The van der Waals surface area contributed by atoms with Crippen LogP contribution in [0.15, 0.2) is 17.1 Å². The summed E-state index contributed by atoms with van der Waals surface area (Å²) in [5.41, 5.74) is -0.0844. The number of hydrogen-bond donors (Lipinski definition) is 1. The van der Waals surface area contributed by atoms with Crippen molar-refractivity contribution in [2.75, 3.05) is 6.61 Å². The monoisotopic (exact) mass is 214 g/mol. The van der Waals surface area contributed by atoms with Crippen molar-refractivity contribution in [2.24, 2.45) is 0 Å². The molecule has 80 valence electrons. The first-order valence-corrected chi connectivity index (χ1v) is 8.51. The van der Waals surface area contributed by atoms with Gasteiger partial charge in [0.05, 0.1) is 0 Å². The van der Waals surface area contributed by atoms with Gasteiger partial charge in [-0.15, -0.1) is 0 Å². The van der Waals surface area contributed by atoms with Crippen molar-refractivity contribution in [1.82, 2.24) is 9.78 Å². The Balaban J connectivity index is 2.19. The molecule has 0 aliphatic heterocycles. The highest BCUT2D eigenvalue weighted by Gasteiger charge is 2.11. The lowest BCUT2D eigenvalue weighted by Crippen LogP contribution is -2.22. The SMILES string of the molecule is C[Si](C)(C)CCOCn1ccc(=O)[nH]1. The molecular weight excluding hydrogens is 196 g/mol. The van der Waals surface area contributed by atoms with Crippen molar-refractivity contribution in [2.45, 2.75) is 32.4 Å². The average Bonchev–Trinajstić information content (AvgIpc) is 2.44. The van der Waals surface area contributed by atoms with Gasteiger partial charge in [-0.25, -0.2) is 0 Å². The molecule has 0 aromatic carbocycles. The van der Waals surface area contributed by atoms with Gasteiger partial charge in [-0.1, -0.05) is 19.6 Å². The number of H-pyrrole nitrogens is 1. The molecule has 1 N–H and O–H groups in total. The van der Waals surface area contributed by atoms with E-state index in [1.165, 1.54) is 6.07 Å². The number of nitrogens with zero attached hydrogens (tertiary/aromatic N) is 1. The van der Waals surface area contributed by atoms with Crippen LogP contribution < -0.4 is 5.56 Å². The molecule has 0 radical (unpaired) electrons. The van der Waals surface area contributed by atoms with Crippen molar-refractivity contribution < 1.29 is 4.74 Å². The Hall–Kier alpha value is -0.813. The third kappa shape index (κ3) is 4.43. The normalized spacial score (nSPS) is 11.9. The number of nitrogens with one attached hydrogen (secondary N) is 1. The van der Waals surface area contributed by atoms with Gasteiger partial charge in [0.25, 0.3) is 5.56 Å². The first kappa shape index (κ1) is 11.3. The molecule has 0 unspecified atom stereocenters. The molecule has 0 spiro atoms. The van der Waals surface area contributed by atoms with Gasteiger partial charge in [0.15, 0.2) is 0 Å². The Morgan fingerprint density at radius 1 is 1.50 bits per heavy atom. The minimum absolute atomic E-state index is 0.0844. The van der Waals surface area contributed by atoms with Gasteiger partial charge in [0, 0.05) is 26.9 Å². The molecule has 0 aliphatic carbocycles. The lowest BCUT2D eigenvalue weighted by molar-refractivity contribution is 0.0783. The molecule has 0 atom stereocenters. The van der Waals surface area contributed by atoms with Gasteiger partial charge >= 0.3 is 0 Å². The van der Waals surface area contributed by atoms with E-state index in [9.17, 15) is 4.79 Å². The Kier molecular flexibility index (Phi) is 3.71. The Bertz CT molecular complexity index is 324. The zero-order valence-electron chi connectivity index (χ0n) is 9.04. The average molecular weight is 214 g/mol. The van der Waals surface area contributed by atoms with E-state index in [1.807, 2.05) is 0 Å². The summed E-state index contributed by atoms with van der Waals surface area (Å²) in [4.78, 5) is 10.8. The molecule has 1 aromatic rings. The van der Waals surface area contributed by atoms with E-state index in [4.69, 9.17) is 4.74 Å². The van der Waals surface area contributed by atoms with E-state index in [0.29, 0.717) is 6.73 Å². The number of rotatable bonds is 5. The number of aromatic amines is 1. The predicted molar refractivity (Wildman–Crippen MR) is 59.2 cm³/mol. The molecule has 1 heterocycles. The second-order valence-electron chi connectivity index (χ2n) is 4.61. The lowest BCUT2D eigenvalue weighted by atomic mass is 10.7. The van der Waals surface area contributed by atoms with Crippen molar-refractivity contribution in [3.8, 4) is 0 Å². The van der Waals surface area contributed by atoms with Crippen LogP contribution in [0.25, 0.3) is 0 Å². The maximum Gasteiger partial charge on any atom is 0.264 e. The Labute approximate surface area is 84.9 Å². The van der Waals surface area contributed by atoms with Crippen LogP contribution in [-0.4, -0.2) is 24.5 Å². The minimum atomic E-state index is -0.996. The van der Waals surface area contributed by atoms with Gasteiger partial charge in [0.2, 0.25) is 0 Å². The quantitative estimate of drug-likeness (QED) is 0.596. The minimum Gasteiger partial charge on any atom is -0.360 e. The smallest absolute Gasteiger partial charge is 0.264 e. The summed E-state index contributed by atoms with van der Waals surface area (Å²) in [6, 6.07) is 2.64. The predicted octanol–water partition coefficient (Wildman–Crippen LogP) is 1.49. The first-order chi connectivity index (χ1) is 6.47. The Morgan fingerprint density at radius 3 is 2.71 bits per heavy atom. The van der Waals surface area contributed by atoms with Crippen LogP contribution in [0.1, 0.15) is 0 Å². The van der Waals surface area contributed by atoms with Gasteiger partial charge in [-0.3, -0.25) is 14.6 Å². The molecule has 0 bridgehead atoms. The van der Waals surface area contributed by atoms with Crippen LogP contribution in [0.4, 0.5) is 0 Å². The van der Waals surface area contributed by atoms with E-state index < -0.39 is 8.07 Å². The van der Waals surface area contributed by atoms with E-state index in [0.717, 1.165) is 12.7 Å². The van der Waals surface area contributed by atoms with E-state index in [2.05, 4.69) is 24.7 Å². The molecule has 0 aliphatic rings. The van der Waals surface area contributed by atoms with Gasteiger partial charge in [0.1, 0.15) is 6.73 Å². The molecule has 5 heteroatoms. The van der Waals surface area contributed by atoms with Crippen molar-refractivity contribution in [3.05, 3.63) is 22.6 Å². The highest BCUT2D eigenvalue weighted by atomic mass is 28.3. The second-order valence-corrected chi connectivity index (χ2v) is 10.2. The molecule has 0 saturated heterocycles. The molecule has 1 rings (SSSR count). The molecular formula is C9H18N2O2Si. The number of ether oxygens (including phenoxy) is 1. The van der Waals surface area contributed by atoms with Gasteiger partial charge in [-0.05, 0) is 6.04 Å². The van der Waals surface area contributed by atoms with E-state index in [-0.39, 0.29) is 5.56 Å². The molecule has 4 nitrogen and oxygen atoms in total. The third-order valence-electron chi connectivity index (χ3n) is 1.89. The fourth-order valence-electron chi connectivity index (χ4n) is 0.990. The summed E-state index contributed by atoms with van der Waals surface area (Å²) in [5, 5.41) is 2.62. The van der Waals surface area contributed by atoms with Gasteiger partial charge < -0.3 is 4.74 Å². The largest absolute Gasteiger partial charge is 0.360 e. The molecule has 0 amide bonds. The summed E-state index contributed by atoms with van der Waals surface area (Å²) >= 11 is 0. The zero-order valence-corrected chi connectivity index (χ0v) is 10.0. The second kappa shape index (κ2) is 4.61. The highest BCUT2D eigenvalue weighted by Crippen LogP contribution is 2.07. The standard InChI is InChI=1S/C9H18N2O2Si/c1-14(2,3)7-6-13-8-11-5-4-9(12)10-11/h4-5H,6-8H2,1-3H3,(H,10,12). The van der Waals surface area contributed by atoms with Gasteiger partial charge in [-0.2, -0.15) is 0 Å². The fraction of sp³-hybridized carbons (Fsp3) is 0.667. The molecule has 0 fully saturated rings. The number of hydrogen-bond acceptors (Lipinski definition) is 2. The molecule has 0 saturated carbocycles. The maximum atomic E-state index is 10.8. The van der Waals surface area contributed by atoms with Crippen molar-refractivity contribution in [3.63, 3.8) is 0 Å². The summed E-state index contributed by atoms with van der Waals surface area (Å²) in [6.07, 6.45) is 1.69. The van der Waals surface area contributed by atoms with Crippen molar-refractivity contribution in [1.29, 1.82) is 0 Å². The summed E-state index contributed by atoms with van der Waals surface area (Å²) in [5.74, 6) is 0.